The fourth-order valence-electron chi connectivity index (χ4n) is 4.73. The Morgan fingerprint density at radius 2 is 1.96 bits per heavy atom. The number of nitro groups is 1. The van der Waals surface area contributed by atoms with Crippen molar-refractivity contribution in [2.45, 2.75) is 45.8 Å². The maximum absolute atomic E-state index is 12.6. The first-order valence-electron chi connectivity index (χ1n) is 8.45. The monoisotopic (exact) mass is 344 g/mol. The second-order valence-electron chi connectivity index (χ2n) is 7.97. The lowest BCUT2D eigenvalue weighted by atomic mass is 9.68. The van der Waals surface area contributed by atoms with Crippen LogP contribution in [0.15, 0.2) is 29.4 Å². The summed E-state index contributed by atoms with van der Waals surface area (Å²) in [6.07, 6.45) is 2.82. The van der Waals surface area contributed by atoms with Crippen molar-refractivity contribution in [2.24, 2.45) is 21.9 Å². The van der Waals surface area contributed by atoms with Crippen LogP contribution in [0.4, 0.5) is 5.69 Å². The average Bonchev–Trinajstić information content (AvgIpc) is 3.15. The van der Waals surface area contributed by atoms with Gasteiger partial charge in [-0.05, 0) is 41.5 Å². The van der Waals surface area contributed by atoms with Crippen molar-refractivity contribution >= 4 is 17.4 Å². The van der Waals surface area contributed by atoms with Crippen LogP contribution in [0.3, 0.4) is 0 Å². The Morgan fingerprint density at radius 1 is 1.28 bits per heavy atom. The molecule has 132 valence electrons. The van der Waals surface area contributed by atoms with E-state index in [0.717, 1.165) is 19.3 Å². The standard InChI is InChI=1S/C18H20N2O5/c1-16(2)12-8-9-17(16,3)18(10-12)24-15(19-25-18)14(21)11-4-6-13(7-5-11)20(22)23/h4-7,12H,8-10H2,1-3H3/t12-,17-,18-/m1/s1. The fraction of sp³-hybridized carbons (Fsp3) is 0.556. The third-order valence-corrected chi connectivity index (χ3v) is 6.86. The van der Waals surface area contributed by atoms with E-state index in [9.17, 15) is 14.9 Å². The van der Waals surface area contributed by atoms with Gasteiger partial charge < -0.3 is 9.57 Å². The van der Waals surface area contributed by atoms with Crippen LogP contribution in [0, 0.1) is 26.9 Å². The molecule has 7 heteroatoms. The van der Waals surface area contributed by atoms with Crippen molar-refractivity contribution in [1.82, 2.24) is 0 Å². The van der Waals surface area contributed by atoms with Crippen molar-refractivity contribution < 1.29 is 19.3 Å². The van der Waals surface area contributed by atoms with E-state index in [1.165, 1.54) is 24.3 Å². The quantitative estimate of drug-likeness (QED) is 0.474. The molecule has 1 aromatic rings. The van der Waals surface area contributed by atoms with E-state index in [0.29, 0.717) is 5.92 Å². The average molecular weight is 344 g/mol. The summed E-state index contributed by atoms with van der Waals surface area (Å²) in [5.41, 5.74) is 0.0542. The number of rotatable bonds is 3. The SMILES string of the molecule is CC1(C)[C@@H]2CC[C@@]1(C)[C@@]1(C2)ON=C(C(=O)c2ccc([N+](=O)[O-])cc2)O1. The van der Waals surface area contributed by atoms with Crippen molar-refractivity contribution in [3.05, 3.63) is 39.9 Å². The molecule has 0 saturated heterocycles. The number of ketones is 1. The highest BCUT2D eigenvalue weighted by Gasteiger charge is 2.74. The summed E-state index contributed by atoms with van der Waals surface area (Å²) >= 11 is 0. The highest BCUT2D eigenvalue weighted by atomic mass is 16.8. The highest BCUT2D eigenvalue weighted by molar-refractivity contribution is 6.43. The van der Waals surface area contributed by atoms with Crippen LogP contribution >= 0.6 is 0 Å². The third-order valence-electron chi connectivity index (χ3n) is 6.86. The molecule has 3 aliphatic rings. The van der Waals surface area contributed by atoms with Gasteiger partial charge in [-0.2, -0.15) is 0 Å². The van der Waals surface area contributed by atoms with Gasteiger partial charge in [0, 0.05) is 24.1 Å². The molecule has 7 nitrogen and oxygen atoms in total. The number of benzene rings is 1. The van der Waals surface area contributed by atoms with E-state index in [4.69, 9.17) is 9.57 Å². The number of non-ortho nitro benzene ring substituents is 1. The minimum Gasteiger partial charge on any atom is -0.427 e. The fourth-order valence-corrected chi connectivity index (χ4v) is 4.73. The van der Waals surface area contributed by atoms with Crippen LogP contribution in [-0.4, -0.2) is 22.4 Å². The highest BCUT2D eigenvalue weighted by Crippen LogP contribution is 2.71. The minimum atomic E-state index is -0.884. The summed E-state index contributed by atoms with van der Waals surface area (Å²) in [7, 11) is 0. The normalized spacial score (nSPS) is 34.5. The summed E-state index contributed by atoms with van der Waals surface area (Å²) in [6, 6.07) is 5.40. The molecule has 4 rings (SSSR count). The number of ether oxygens (including phenoxy) is 1. The van der Waals surface area contributed by atoms with Crippen LogP contribution in [0.1, 0.15) is 50.4 Å². The second-order valence-corrected chi connectivity index (χ2v) is 7.97. The molecule has 0 N–H and O–H groups in total. The first-order chi connectivity index (χ1) is 11.7. The molecule has 0 unspecified atom stereocenters. The number of nitrogens with zero attached hydrogens (tertiary/aromatic N) is 2. The first kappa shape index (κ1) is 16.1. The third kappa shape index (κ3) is 1.92. The molecule has 1 spiro atoms. The maximum Gasteiger partial charge on any atom is 0.302 e. The van der Waals surface area contributed by atoms with Crippen LogP contribution in [0.5, 0.6) is 0 Å². The zero-order chi connectivity index (χ0) is 18.0. The number of nitro benzene ring substituents is 1. The van der Waals surface area contributed by atoms with Gasteiger partial charge in [-0.1, -0.05) is 20.8 Å². The van der Waals surface area contributed by atoms with Gasteiger partial charge in [-0.25, -0.2) is 0 Å². The topological polar surface area (TPSA) is 91.0 Å². The molecule has 2 bridgehead atoms. The molecule has 3 atom stereocenters. The molecule has 0 amide bonds. The van der Waals surface area contributed by atoms with Crippen LogP contribution in [0.2, 0.25) is 0 Å². The molecule has 1 aliphatic heterocycles. The van der Waals surface area contributed by atoms with Crippen molar-refractivity contribution in [2.75, 3.05) is 0 Å². The van der Waals surface area contributed by atoms with Gasteiger partial charge in [0.15, 0.2) is 0 Å². The Labute approximate surface area is 145 Å². The number of oxime groups is 1. The van der Waals surface area contributed by atoms with E-state index in [1.807, 2.05) is 0 Å². The summed E-state index contributed by atoms with van der Waals surface area (Å²) in [5, 5.41) is 14.7. The summed E-state index contributed by atoms with van der Waals surface area (Å²) in [4.78, 5) is 28.6. The molecule has 0 radical (unpaired) electrons. The number of Topliss-reactive ketones (excluding diaryl/α,β-unsaturated/α-hetero) is 1. The Hall–Kier alpha value is -2.44. The molecule has 1 aromatic carbocycles. The van der Waals surface area contributed by atoms with E-state index in [-0.39, 0.29) is 28.0 Å². The lowest BCUT2D eigenvalue weighted by Gasteiger charge is -2.42. The molecule has 2 fully saturated rings. The van der Waals surface area contributed by atoms with E-state index < -0.39 is 16.5 Å². The van der Waals surface area contributed by atoms with Crippen LogP contribution in [-0.2, 0) is 9.57 Å². The van der Waals surface area contributed by atoms with Gasteiger partial charge in [0.05, 0.1) is 10.3 Å². The summed E-state index contributed by atoms with van der Waals surface area (Å²) in [5.74, 6) is -0.901. The van der Waals surface area contributed by atoms with E-state index in [1.54, 1.807) is 0 Å². The predicted molar refractivity (Wildman–Crippen MR) is 89.0 cm³/mol. The van der Waals surface area contributed by atoms with Crippen LogP contribution < -0.4 is 0 Å². The van der Waals surface area contributed by atoms with Gasteiger partial charge in [-0.15, -0.1) is 0 Å². The van der Waals surface area contributed by atoms with E-state index >= 15 is 0 Å². The molecule has 25 heavy (non-hydrogen) atoms. The molecule has 0 aromatic heterocycles. The van der Waals surface area contributed by atoms with Gasteiger partial charge >= 0.3 is 5.90 Å². The van der Waals surface area contributed by atoms with Crippen LogP contribution in [0.25, 0.3) is 0 Å². The second kappa shape index (κ2) is 4.80. The molecule has 1 heterocycles. The Kier molecular flexibility index (Phi) is 3.08. The summed E-state index contributed by atoms with van der Waals surface area (Å²) in [6.45, 7) is 6.60. The predicted octanol–water partition coefficient (Wildman–Crippen LogP) is 3.68. The van der Waals surface area contributed by atoms with Gasteiger partial charge in [0.2, 0.25) is 0 Å². The van der Waals surface area contributed by atoms with Crippen molar-refractivity contribution in [1.29, 1.82) is 0 Å². The Bertz CT molecular complexity index is 800. The molecule has 2 aliphatic carbocycles. The first-order valence-corrected chi connectivity index (χ1v) is 8.45. The Balaban J connectivity index is 1.57. The molecule has 2 saturated carbocycles. The van der Waals surface area contributed by atoms with E-state index in [2.05, 4.69) is 25.9 Å². The number of carbonyl (C=O) groups is 1. The number of hydrogen-bond acceptors (Lipinski definition) is 6. The van der Waals surface area contributed by atoms with Crippen molar-refractivity contribution in [3.8, 4) is 0 Å². The van der Waals surface area contributed by atoms with Gasteiger partial charge in [0.1, 0.15) is 0 Å². The number of hydrogen-bond donors (Lipinski definition) is 0. The smallest absolute Gasteiger partial charge is 0.302 e. The zero-order valence-electron chi connectivity index (χ0n) is 14.4. The zero-order valence-corrected chi connectivity index (χ0v) is 14.4. The number of fused-ring (bicyclic) bond motifs is 3. The lowest BCUT2D eigenvalue weighted by molar-refractivity contribution is -0.384. The summed E-state index contributed by atoms with van der Waals surface area (Å²) < 4.78 is 6.02. The molecular weight excluding hydrogens is 324 g/mol. The lowest BCUT2D eigenvalue weighted by Crippen LogP contribution is -2.49. The van der Waals surface area contributed by atoms with Crippen molar-refractivity contribution in [3.63, 3.8) is 0 Å². The largest absolute Gasteiger partial charge is 0.427 e. The maximum atomic E-state index is 12.6. The minimum absolute atomic E-state index is 0.0500. The number of carbonyl (C=O) groups excluding carboxylic acids is 1. The Morgan fingerprint density at radius 3 is 2.48 bits per heavy atom. The molecular formula is C18H20N2O5. The van der Waals surface area contributed by atoms with Gasteiger partial charge in [0.25, 0.3) is 17.3 Å². The van der Waals surface area contributed by atoms with Gasteiger partial charge in [-0.3, -0.25) is 14.9 Å².